The van der Waals surface area contributed by atoms with Gasteiger partial charge in [0.05, 0.1) is 11.0 Å². The van der Waals surface area contributed by atoms with E-state index < -0.39 is 0 Å². The molecule has 1 aromatic heterocycles. The number of aromatic nitrogens is 2. The van der Waals surface area contributed by atoms with Crippen molar-refractivity contribution in [2.75, 3.05) is 5.32 Å². The number of hydrogen-bond acceptors (Lipinski definition) is 4. The van der Waals surface area contributed by atoms with Crippen molar-refractivity contribution in [1.29, 1.82) is 0 Å². The van der Waals surface area contributed by atoms with Crippen molar-refractivity contribution in [3.8, 4) is 0 Å². The molecule has 5 atom stereocenters. The summed E-state index contributed by atoms with van der Waals surface area (Å²) in [6.07, 6.45) is 9.41. The Morgan fingerprint density at radius 3 is 2.57 bits per heavy atom. The number of amides is 1. The third-order valence-corrected chi connectivity index (χ3v) is 8.34. The first-order valence-electron chi connectivity index (χ1n) is 15.3. The molecule has 218 valence electrons. The molecule has 6 heteroatoms. The summed E-state index contributed by atoms with van der Waals surface area (Å²) in [5.74, 6) is 1.95. The minimum absolute atomic E-state index is 0.0468. The van der Waals surface area contributed by atoms with Crippen LogP contribution in [0, 0.1) is 11.8 Å². The van der Waals surface area contributed by atoms with Gasteiger partial charge in [0.15, 0.2) is 0 Å². The number of fused-ring (bicyclic) bond motifs is 1. The van der Waals surface area contributed by atoms with Crippen molar-refractivity contribution in [3.05, 3.63) is 108 Å². The third kappa shape index (κ3) is 6.88. The van der Waals surface area contributed by atoms with Crippen LogP contribution in [0.4, 0.5) is 5.69 Å². The highest BCUT2D eigenvalue weighted by molar-refractivity contribution is 6.06. The van der Waals surface area contributed by atoms with Gasteiger partial charge in [-0.1, -0.05) is 82.7 Å². The number of nitrogens with zero attached hydrogens (tertiary/aromatic N) is 3. The minimum atomic E-state index is -0.115. The van der Waals surface area contributed by atoms with Crippen molar-refractivity contribution in [2.45, 2.75) is 72.0 Å². The number of anilines is 1. The van der Waals surface area contributed by atoms with Gasteiger partial charge in [0.1, 0.15) is 18.3 Å². The first-order chi connectivity index (χ1) is 20.3. The number of carbonyl (C=O) groups is 1. The van der Waals surface area contributed by atoms with E-state index in [1.54, 1.807) is 0 Å². The molecule has 1 amide bonds. The number of imidazole rings is 1. The predicted molar refractivity (Wildman–Crippen MR) is 174 cm³/mol. The number of benzene rings is 3. The maximum atomic E-state index is 13.1. The number of allylic oxidation sites excluding steroid dienone is 2. The van der Waals surface area contributed by atoms with E-state index in [1.807, 2.05) is 53.4 Å². The number of rotatable bonds is 8. The lowest BCUT2D eigenvalue weighted by Crippen LogP contribution is -2.38. The standard InChI is InChI=1S/C36H43N5O/c1-6-11-25(3)29-14-10-15-30(21-29)36(42)39-31-17-18-33-32(22-31)37-23-41(33)34-19-16-24(2)20-26(4)35(40-34)38-27(5)28-12-8-7-9-13-28/h7-10,12-19,21-27,35,38H,6,11,20H2,1-5H3,(H,39,42)/b19-16-,40-34+/t24?,25?,26?,27-,35?/m0/s1. The highest BCUT2D eigenvalue weighted by atomic mass is 16.1. The Balaban J connectivity index is 1.38. The van der Waals surface area contributed by atoms with Gasteiger partial charge in [-0.05, 0) is 85.1 Å². The molecule has 6 nitrogen and oxygen atoms in total. The molecular weight excluding hydrogens is 518 g/mol. The molecule has 0 bridgehead atoms. The monoisotopic (exact) mass is 561 g/mol. The predicted octanol–water partition coefficient (Wildman–Crippen LogP) is 8.35. The molecule has 0 saturated heterocycles. The van der Waals surface area contributed by atoms with E-state index in [1.165, 1.54) is 11.1 Å². The quantitative estimate of drug-likeness (QED) is 0.227. The Morgan fingerprint density at radius 1 is 1.00 bits per heavy atom. The zero-order valence-corrected chi connectivity index (χ0v) is 25.4. The van der Waals surface area contributed by atoms with Crippen molar-refractivity contribution >= 4 is 28.5 Å². The van der Waals surface area contributed by atoms with Gasteiger partial charge in [0.2, 0.25) is 0 Å². The van der Waals surface area contributed by atoms with Gasteiger partial charge in [-0.3, -0.25) is 14.7 Å². The van der Waals surface area contributed by atoms with Crippen LogP contribution < -0.4 is 10.6 Å². The van der Waals surface area contributed by atoms with Crippen LogP contribution in [-0.4, -0.2) is 27.5 Å². The summed E-state index contributed by atoms with van der Waals surface area (Å²) in [5, 5.41) is 6.84. The summed E-state index contributed by atoms with van der Waals surface area (Å²) in [5.41, 5.74) is 5.58. The van der Waals surface area contributed by atoms with Gasteiger partial charge >= 0.3 is 0 Å². The van der Waals surface area contributed by atoms with Crippen LogP contribution in [0.1, 0.15) is 87.3 Å². The largest absolute Gasteiger partial charge is 0.322 e. The van der Waals surface area contributed by atoms with Gasteiger partial charge in [-0.2, -0.15) is 0 Å². The van der Waals surface area contributed by atoms with Crippen LogP contribution in [0.15, 0.2) is 96.3 Å². The lowest BCUT2D eigenvalue weighted by molar-refractivity contribution is 0.102. The highest BCUT2D eigenvalue weighted by Gasteiger charge is 2.23. The molecule has 3 aromatic carbocycles. The van der Waals surface area contributed by atoms with Crippen LogP contribution in [0.5, 0.6) is 0 Å². The zero-order chi connectivity index (χ0) is 29.6. The molecule has 2 N–H and O–H groups in total. The Kier molecular flexibility index (Phi) is 9.33. The molecule has 1 aliphatic heterocycles. The Hall–Kier alpha value is -4.03. The Labute approximate surface area is 250 Å². The molecule has 42 heavy (non-hydrogen) atoms. The number of nitrogens with one attached hydrogen (secondary N) is 2. The summed E-state index contributed by atoms with van der Waals surface area (Å²) in [6, 6.07) is 24.5. The second-order valence-electron chi connectivity index (χ2n) is 11.9. The number of hydrogen-bond donors (Lipinski definition) is 2. The molecular formula is C36H43N5O. The molecule has 1 aliphatic rings. The zero-order valence-electron chi connectivity index (χ0n) is 25.4. The van der Waals surface area contributed by atoms with Gasteiger partial charge in [0.25, 0.3) is 5.91 Å². The van der Waals surface area contributed by atoms with Crippen LogP contribution in [-0.2, 0) is 0 Å². The molecule has 0 spiro atoms. The SMILES string of the molecule is CCCC(C)c1cccc(C(=O)Nc2ccc3c(c2)ncn3C2=N/C(N[C@@H](C)c3ccccc3)C(C)CC(C)/C=C\2)c1. The van der Waals surface area contributed by atoms with Gasteiger partial charge in [-0.25, -0.2) is 9.98 Å². The molecule has 4 unspecified atom stereocenters. The molecule has 0 saturated carbocycles. The van der Waals surface area contributed by atoms with E-state index >= 15 is 0 Å². The first kappa shape index (κ1) is 29.5. The smallest absolute Gasteiger partial charge is 0.255 e. The van der Waals surface area contributed by atoms with Crippen LogP contribution in [0.3, 0.4) is 0 Å². The van der Waals surface area contributed by atoms with Gasteiger partial charge in [-0.15, -0.1) is 0 Å². The lowest BCUT2D eigenvalue weighted by Gasteiger charge is -2.29. The number of carbonyl (C=O) groups excluding carboxylic acids is 1. The molecule has 0 fully saturated rings. The van der Waals surface area contributed by atoms with E-state index in [4.69, 9.17) is 9.98 Å². The molecule has 4 aromatic rings. The average Bonchev–Trinajstić information content (AvgIpc) is 3.41. The average molecular weight is 562 g/mol. The molecule has 0 radical (unpaired) electrons. The summed E-state index contributed by atoms with van der Waals surface area (Å²) >= 11 is 0. The topological polar surface area (TPSA) is 71.3 Å². The maximum Gasteiger partial charge on any atom is 0.255 e. The fourth-order valence-corrected chi connectivity index (χ4v) is 5.86. The Morgan fingerprint density at radius 2 is 1.79 bits per heavy atom. The fourth-order valence-electron chi connectivity index (χ4n) is 5.86. The van der Waals surface area contributed by atoms with Gasteiger partial charge < -0.3 is 5.32 Å². The third-order valence-electron chi connectivity index (χ3n) is 8.34. The van der Waals surface area contributed by atoms with Crippen molar-refractivity contribution in [1.82, 2.24) is 14.9 Å². The lowest BCUT2D eigenvalue weighted by atomic mass is 9.93. The van der Waals surface area contributed by atoms with Crippen LogP contribution >= 0.6 is 0 Å². The van der Waals surface area contributed by atoms with Crippen molar-refractivity contribution in [3.63, 3.8) is 0 Å². The summed E-state index contributed by atoms with van der Waals surface area (Å²) in [4.78, 5) is 23.0. The fraction of sp³-hybridized carbons (Fsp3) is 0.361. The second-order valence-corrected chi connectivity index (χ2v) is 11.9. The first-order valence-corrected chi connectivity index (χ1v) is 15.3. The van der Waals surface area contributed by atoms with E-state index in [0.29, 0.717) is 23.3 Å². The van der Waals surface area contributed by atoms with Crippen LogP contribution in [0.25, 0.3) is 11.0 Å². The second kappa shape index (κ2) is 13.3. The maximum absolute atomic E-state index is 13.1. The van der Waals surface area contributed by atoms with Gasteiger partial charge in [0, 0.05) is 17.3 Å². The van der Waals surface area contributed by atoms with E-state index in [2.05, 4.69) is 87.7 Å². The summed E-state index contributed by atoms with van der Waals surface area (Å²) in [7, 11) is 0. The highest BCUT2D eigenvalue weighted by Crippen LogP contribution is 2.26. The Bertz CT molecular complexity index is 1570. The molecule has 5 rings (SSSR count). The summed E-state index contributed by atoms with van der Waals surface area (Å²) in [6.45, 7) is 11.1. The number of aliphatic imine (C=N–C) groups is 1. The normalized spacial score (nSPS) is 22.4. The molecule has 0 aliphatic carbocycles. The van der Waals surface area contributed by atoms with Crippen LogP contribution in [0.2, 0.25) is 0 Å². The molecule has 2 heterocycles. The van der Waals surface area contributed by atoms with Crippen molar-refractivity contribution in [2.24, 2.45) is 16.8 Å². The van der Waals surface area contributed by atoms with E-state index in [-0.39, 0.29) is 18.1 Å². The van der Waals surface area contributed by atoms with E-state index in [0.717, 1.165) is 41.8 Å². The summed E-state index contributed by atoms with van der Waals surface area (Å²) < 4.78 is 2.04. The van der Waals surface area contributed by atoms with Crippen molar-refractivity contribution < 1.29 is 4.79 Å². The van der Waals surface area contributed by atoms with E-state index in [9.17, 15) is 4.79 Å². The minimum Gasteiger partial charge on any atom is -0.322 e.